The van der Waals surface area contributed by atoms with Crippen LogP contribution in [0.3, 0.4) is 0 Å². The Labute approximate surface area is 132 Å². The van der Waals surface area contributed by atoms with E-state index in [0.29, 0.717) is 11.9 Å². The molecule has 0 N–H and O–H groups in total. The van der Waals surface area contributed by atoms with Crippen molar-refractivity contribution in [1.29, 1.82) is 0 Å². The Hall–Kier alpha value is -1.40. The Morgan fingerprint density at radius 3 is 2.77 bits per heavy atom. The van der Waals surface area contributed by atoms with Crippen LogP contribution in [-0.4, -0.2) is 75.5 Å². The van der Waals surface area contributed by atoms with E-state index in [9.17, 15) is 4.79 Å². The van der Waals surface area contributed by atoms with Gasteiger partial charge in [-0.1, -0.05) is 0 Å². The fourth-order valence-corrected chi connectivity index (χ4v) is 3.44. The Kier molecular flexibility index (Phi) is 4.78. The minimum atomic E-state index is 0.335. The van der Waals surface area contributed by atoms with E-state index in [4.69, 9.17) is 0 Å². The summed E-state index contributed by atoms with van der Waals surface area (Å²) in [4.78, 5) is 23.1. The van der Waals surface area contributed by atoms with Crippen molar-refractivity contribution < 1.29 is 4.79 Å². The van der Waals surface area contributed by atoms with Gasteiger partial charge in [0.1, 0.15) is 5.82 Å². The number of carbonyl (C=O) groups is 1. The highest BCUT2D eigenvalue weighted by atomic mass is 16.2. The molecule has 122 valence electrons. The predicted octanol–water partition coefficient (Wildman–Crippen LogP) is 0.549. The summed E-state index contributed by atoms with van der Waals surface area (Å²) in [6.45, 7) is 9.29. The summed E-state index contributed by atoms with van der Waals surface area (Å²) in [7, 11) is 2.05. The standard InChI is InChI=1S/C16H27N5O/c1-14-12-19(8-10-20-6-3-4-16(20)22)9-11-21(14)13-15-17-5-7-18(15)2/h5,7,14H,3-4,6,8-13H2,1-2H3/t14-/m1/s1. The van der Waals surface area contributed by atoms with Crippen molar-refractivity contribution in [2.75, 3.05) is 39.3 Å². The molecular weight excluding hydrogens is 278 g/mol. The van der Waals surface area contributed by atoms with Gasteiger partial charge in [-0.25, -0.2) is 4.98 Å². The number of hydrogen-bond donors (Lipinski definition) is 0. The quantitative estimate of drug-likeness (QED) is 0.797. The third-order valence-corrected chi connectivity index (χ3v) is 4.97. The molecule has 0 spiro atoms. The van der Waals surface area contributed by atoms with Crippen molar-refractivity contribution in [3.05, 3.63) is 18.2 Å². The first-order valence-corrected chi connectivity index (χ1v) is 8.34. The summed E-state index contributed by atoms with van der Waals surface area (Å²) >= 11 is 0. The van der Waals surface area contributed by atoms with Crippen LogP contribution < -0.4 is 0 Å². The molecule has 0 unspecified atom stereocenters. The first-order chi connectivity index (χ1) is 10.6. The molecule has 0 aliphatic carbocycles. The highest BCUT2D eigenvalue weighted by Crippen LogP contribution is 2.14. The molecule has 3 heterocycles. The van der Waals surface area contributed by atoms with E-state index < -0.39 is 0 Å². The number of likely N-dealkylation sites (tertiary alicyclic amines) is 1. The fraction of sp³-hybridized carbons (Fsp3) is 0.750. The van der Waals surface area contributed by atoms with Gasteiger partial charge >= 0.3 is 0 Å². The normalized spacial score (nSPS) is 24.4. The second kappa shape index (κ2) is 6.79. The lowest BCUT2D eigenvalue weighted by Gasteiger charge is -2.40. The molecule has 6 heteroatoms. The van der Waals surface area contributed by atoms with Gasteiger partial charge in [-0.05, 0) is 13.3 Å². The van der Waals surface area contributed by atoms with Gasteiger partial charge in [-0.2, -0.15) is 0 Å². The number of aryl methyl sites for hydroxylation is 1. The molecule has 0 saturated carbocycles. The van der Waals surface area contributed by atoms with E-state index in [1.54, 1.807) is 0 Å². The molecule has 1 aromatic rings. The number of hydrogen-bond acceptors (Lipinski definition) is 4. The van der Waals surface area contributed by atoms with E-state index in [-0.39, 0.29) is 0 Å². The van der Waals surface area contributed by atoms with Crippen molar-refractivity contribution >= 4 is 5.91 Å². The molecule has 0 radical (unpaired) electrons. The number of aromatic nitrogens is 2. The van der Waals surface area contributed by atoms with Gasteiger partial charge in [0.05, 0.1) is 6.54 Å². The van der Waals surface area contributed by atoms with Crippen molar-refractivity contribution in [1.82, 2.24) is 24.3 Å². The highest BCUT2D eigenvalue weighted by molar-refractivity contribution is 5.78. The Morgan fingerprint density at radius 1 is 1.27 bits per heavy atom. The van der Waals surface area contributed by atoms with E-state index in [1.165, 1.54) is 0 Å². The zero-order valence-electron chi connectivity index (χ0n) is 13.7. The van der Waals surface area contributed by atoms with Gasteiger partial charge in [0, 0.05) is 71.2 Å². The van der Waals surface area contributed by atoms with E-state index >= 15 is 0 Å². The largest absolute Gasteiger partial charge is 0.341 e. The van der Waals surface area contributed by atoms with Crippen LogP contribution in [0.15, 0.2) is 12.4 Å². The van der Waals surface area contributed by atoms with Crippen LogP contribution in [0.25, 0.3) is 0 Å². The van der Waals surface area contributed by atoms with Gasteiger partial charge in [-0.3, -0.25) is 14.6 Å². The van der Waals surface area contributed by atoms with Gasteiger partial charge in [-0.15, -0.1) is 0 Å². The van der Waals surface area contributed by atoms with Crippen LogP contribution in [-0.2, 0) is 18.4 Å². The van der Waals surface area contributed by atoms with Gasteiger partial charge in [0.15, 0.2) is 0 Å². The maximum Gasteiger partial charge on any atom is 0.222 e. The summed E-state index contributed by atoms with van der Waals surface area (Å²) in [5, 5.41) is 0. The molecule has 2 aliphatic rings. The molecule has 2 saturated heterocycles. The monoisotopic (exact) mass is 305 g/mol. The molecule has 1 aromatic heterocycles. The lowest BCUT2D eigenvalue weighted by molar-refractivity contribution is -0.127. The first kappa shape index (κ1) is 15.5. The minimum absolute atomic E-state index is 0.335. The number of carbonyl (C=O) groups excluding carboxylic acids is 1. The summed E-state index contributed by atoms with van der Waals surface area (Å²) in [5.41, 5.74) is 0. The number of piperazine rings is 1. The molecule has 1 amide bonds. The number of amides is 1. The zero-order valence-corrected chi connectivity index (χ0v) is 13.7. The topological polar surface area (TPSA) is 44.6 Å². The lowest BCUT2D eigenvalue weighted by Crippen LogP contribution is -2.53. The third-order valence-electron chi connectivity index (χ3n) is 4.97. The molecule has 1 atom stereocenters. The Morgan fingerprint density at radius 2 is 2.14 bits per heavy atom. The van der Waals surface area contributed by atoms with Crippen LogP contribution in [0.1, 0.15) is 25.6 Å². The Bertz CT molecular complexity index is 514. The van der Waals surface area contributed by atoms with Gasteiger partial charge in [0.2, 0.25) is 5.91 Å². The van der Waals surface area contributed by atoms with E-state index in [2.05, 4.69) is 33.3 Å². The van der Waals surface area contributed by atoms with Crippen molar-refractivity contribution in [2.24, 2.45) is 7.05 Å². The van der Waals surface area contributed by atoms with Gasteiger partial charge < -0.3 is 9.47 Å². The highest BCUT2D eigenvalue weighted by Gasteiger charge is 2.26. The van der Waals surface area contributed by atoms with Crippen LogP contribution in [0.4, 0.5) is 0 Å². The summed E-state index contributed by atoms with van der Waals surface area (Å²) in [5.74, 6) is 1.46. The lowest BCUT2D eigenvalue weighted by atomic mass is 10.2. The van der Waals surface area contributed by atoms with Gasteiger partial charge in [0.25, 0.3) is 0 Å². The third kappa shape index (κ3) is 3.50. The first-order valence-electron chi connectivity index (χ1n) is 8.34. The molecular formula is C16H27N5O. The number of imidazole rings is 1. The molecule has 0 aromatic carbocycles. The predicted molar refractivity (Wildman–Crippen MR) is 85.3 cm³/mol. The second-order valence-electron chi connectivity index (χ2n) is 6.56. The summed E-state index contributed by atoms with van der Waals surface area (Å²) < 4.78 is 2.10. The summed E-state index contributed by atoms with van der Waals surface area (Å²) in [6.07, 6.45) is 5.65. The van der Waals surface area contributed by atoms with E-state index in [0.717, 1.165) is 64.5 Å². The van der Waals surface area contributed by atoms with E-state index in [1.807, 2.05) is 17.3 Å². The zero-order chi connectivity index (χ0) is 15.5. The second-order valence-corrected chi connectivity index (χ2v) is 6.56. The average molecular weight is 305 g/mol. The molecule has 2 fully saturated rings. The molecule has 22 heavy (non-hydrogen) atoms. The van der Waals surface area contributed by atoms with Crippen molar-refractivity contribution in [2.45, 2.75) is 32.4 Å². The maximum atomic E-state index is 11.7. The Balaban J connectivity index is 1.45. The SMILES string of the molecule is C[C@@H]1CN(CCN2CCCC2=O)CCN1Cc1nccn1C. The van der Waals surface area contributed by atoms with Crippen LogP contribution in [0.5, 0.6) is 0 Å². The van der Waals surface area contributed by atoms with Crippen LogP contribution >= 0.6 is 0 Å². The molecule has 6 nitrogen and oxygen atoms in total. The van der Waals surface area contributed by atoms with Crippen molar-refractivity contribution in [3.63, 3.8) is 0 Å². The average Bonchev–Trinajstić information content (AvgIpc) is 3.08. The smallest absolute Gasteiger partial charge is 0.222 e. The number of nitrogens with zero attached hydrogens (tertiary/aromatic N) is 5. The van der Waals surface area contributed by atoms with Crippen LogP contribution in [0, 0.1) is 0 Å². The molecule has 2 aliphatic heterocycles. The fourth-order valence-electron chi connectivity index (χ4n) is 3.44. The number of rotatable bonds is 5. The van der Waals surface area contributed by atoms with Crippen molar-refractivity contribution in [3.8, 4) is 0 Å². The minimum Gasteiger partial charge on any atom is -0.341 e. The summed E-state index contributed by atoms with van der Waals surface area (Å²) in [6, 6.07) is 0.528. The van der Waals surface area contributed by atoms with Crippen LogP contribution in [0.2, 0.25) is 0 Å². The molecule has 3 rings (SSSR count). The molecule has 0 bridgehead atoms. The maximum absolute atomic E-state index is 11.7.